The Labute approximate surface area is 211 Å². The highest BCUT2D eigenvalue weighted by atomic mass is 35.5. The zero-order valence-corrected chi connectivity index (χ0v) is 21.4. The van der Waals surface area contributed by atoms with Crippen LogP contribution in [-0.4, -0.2) is 77.8 Å². The Morgan fingerprint density at radius 3 is 2.69 bits per heavy atom. The minimum atomic E-state index is -0.451. The van der Waals surface area contributed by atoms with Crippen LogP contribution in [0.3, 0.4) is 0 Å². The number of morpholine rings is 1. The van der Waals surface area contributed by atoms with Crippen LogP contribution in [0.1, 0.15) is 42.6 Å². The van der Waals surface area contributed by atoms with Gasteiger partial charge in [0.2, 0.25) is 11.8 Å². The third kappa shape index (κ3) is 6.55. The molecule has 9 heteroatoms. The average molecular weight is 503 g/mol. The number of nitrogens with zero attached hydrogens (tertiary/aromatic N) is 3. The molecule has 0 spiro atoms. The number of benzene rings is 1. The van der Waals surface area contributed by atoms with Crippen LogP contribution in [0.2, 0.25) is 5.02 Å². The molecule has 35 heavy (non-hydrogen) atoms. The Bertz CT molecular complexity index is 1020. The SMILES string of the molecule is Cc1n[nH]c(C)c1CCC(=O)N1CCCC(COc2cccc(Cl)c2)(CC(=O)N2CCOCC2)C1. The van der Waals surface area contributed by atoms with Crippen molar-refractivity contribution >= 4 is 23.4 Å². The van der Waals surface area contributed by atoms with Crippen LogP contribution in [0.4, 0.5) is 0 Å². The maximum Gasteiger partial charge on any atom is 0.223 e. The van der Waals surface area contributed by atoms with E-state index in [9.17, 15) is 9.59 Å². The van der Waals surface area contributed by atoms with Gasteiger partial charge in [0.25, 0.3) is 0 Å². The molecule has 8 nitrogen and oxygen atoms in total. The summed E-state index contributed by atoms with van der Waals surface area (Å²) in [5.41, 5.74) is 2.60. The second kappa shape index (κ2) is 11.4. The Morgan fingerprint density at radius 2 is 1.97 bits per heavy atom. The van der Waals surface area contributed by atoms with Crippen molar-refractivity contribution in [1.82, 2.24) is 20.0 Å². The largest absolute Gasteiger partial charge is 0.493 e. The Morgan fingerprint density at radius 1 is 1.17 bits per heavy atom. The van der Waals surface area contributed by atoms with Crippen LogP contribution < -0.4 is 4.74 Å². The number of rotatable bonds is 8. The van der Waals surface area contributed by atoms with Gasteiger partial charge in [0.1, 0.15) is 5.75 Å². The number of ether oxygens (including phenoxy) is 2. The summed E-state index contributed by atoms with van der Waals surface area (Å²) < 4.78 is 11.6. The van der Waals surface area contributed by atoms with E-state index in [1.165, 1.54) is 0 Å². The van der Waals surface area contributed by atoms with Crippen LogP contribution in [0.15, 0.2) is 24.3 Å². The lowest BCUT2D eigenvalue weighted by atomic mass is 9.77. The summed E-state index contributed by atoms with van der Waals surface area (Å²) >= 11 is 6.14. The van der Waals surface area contributed by atoms with E-state index in [2.05, 4.69) is 10.2 Å². The monoisotopic (exact) mass is 502 g/mol. The number of aromatic amines is 1. The summed E-state index contributed by atoms with van der Waals surface area (Å²) in [6.45, 7) is 7.85. The minimum Gasteiger partial charge on any atom is -0.493 e. The van der Waals surface area contributed by atoms with Gasteiger partial charge in [0, 0.05) is 55.2 Å². The average Bonchev–Trinajstić information content (AvgIpc) is 3.19. The Hall–Kier alpha value is -2.58. The second-order valence-corrected chi connectivity index (χ2v) is 10.2. The molecule has 190 valence electrons. The lowest BCUT2D eigenvalue weighted by Gasteiger charge is -2.43. The van der Waals surface area contributed by atoms with Crippen molar-refractivity contribution in [3.05, 3.63) is 46.2 Å². The number of amides is 2. The van der Waals surface area contributed by atoms with E-state index in [-0.39, 0.29) is 11.8 Å². The summed E-state index contributed by atoms with van der Waals surface area (Å²) in [4.78, 5) is 30.3. The number of nitrogens with one attached hydrogen (secondary N) is 1. The molecule has 0 bridgehead atoms. The molecule has 2 aliphatic heterocycles. The number of halogens is 1. The van der Waals surface area contributed by atoms with E-state index in [4.69, 9.17) is 21.1 Å². The number of likely N-dealkylation sites (tertiary alicyclic amines) is 1. The maximum absolute atomic E-state index is 13.2. The van der Waals surface area contributed by atoms with Crippen molar-refractivity contribution in [1.29, 1.82) is 0 Å². The number of H-pyrrole nitrogens is 1. The quantitative estimate of drug-likeness (QED) is 0.596. The smallest absolute Gasteiger partial charge is 0.223 e. The van der Waals surface area contributed by atoms with E-state index < -0.39 is 5.41 Å². The lowest BCUT2D eigenvalue weighted by molar-refractivity contribution is -0.143. The fourth-order valence-corrected chi connectivity index (χ4v) is 5.29. The topological polar surface area (TPSA) is 87.8 Å². The normalized spacial score (nSPS) is 20.7. The molecule has 2 saturated heterocycles. The van der Waals surface area contributed by atoms with Gasteiger partial charge in [-0.05, 0) is 56.9 Å². The van der Waals surface area contributed by atoms with Gasteiger partial charge < -0.3 is 19.3 Å². The first kappa shape index (κ1) is 25.5. The molecule has 1 unspecified atom stereocenters. The molecule has 2 amide bonds. The first-order valence-corrected chi connectivity index (χ1v) is 12.8. The van der Waals surface area contributed by atoms with Crippen molar-refractivity contribution in [3.63, 3.8) is 0 Å². The predicted octanol–water partition coefficient (Wildman–Crippen LogP) is 3.55. The summed E-state index contributed by atoms with van der Waals surface area (Å²) in [6, 6.07) is 7.29. The molecular weight excluding hydrogens is 468 g/mol. The highest BCUT2D eigenvalue weighted by molar-refractivity contribution is 6.30. The van der Waals surface area contributed by atoms with E-state index in [0.29, 0.717) is 76.0 Å². The zero-order valence-electron chi connectivity index (χ0n) is 20.6. The number of carbonyl (C=O) groups is 2. The van der Waals surface area contributed by atoms with Crippen molar-refractivity contribution in [2.24, 2.45) is 5.41 Å². The van der Waals surface area contributed by atoms with Crippen molar-refractivity contribution in [2.75, 3.05) is 46.0 Å². The molecule has 2 aromatic rings. The second-order valence-electron chi connectivity index (χ2n) is 9.75. The maximum atomic E-state index is 13.2. The predicted molar refractivity (Wildman–Crippen MR) is 134 cm³/mol. The molecule has 0 radical (unpaired) electrons. The number of piperidine rings is 1. The third-order valence-corrected chi connectivity index (χ3v) is 7.35. The highest BCUT2D eigenvalue weighted by Crippen LogP contribution is 2.36. The number of aryl methyl sites for hydroxylation is 2. The number of hydrogen-bond acceptors (Lipinski definition) is 5. The first-order valence-electron chi connectivity index (χ1n) is 12.4. The van der Waals surface area contributed by atoms with Gasteiger partial charge in [0.15, 0.2) is 0 Å². The number of carbonyl (C=O) groups excluding carboxylic acids is 2. The van der Waals surface area contributed by atoms with Gasteiger partial charge >= 0.3 is 0 Å². The van der Waals surface area contributed by atoms with Crippen molar-refractivity contribution in [2.45, 2.75) is 46.0 Å². The molecule has 1 atom stereocenters. The summed E-state index contributed by atoms with van der Waals surface area (Å²) in [5.74, 6) is 0.877. The molecule has 0 saturated carbocycles. The third-order valence-electron chi connectivity index (χ3n) is 7.11. The highest BCUT2D eigenvalue weighted by Gasteiger charge is 2.41. The van der Waals surface area contributed by atoms with E-state index in [0.717, 1.165) is 29.8 Å². The molecule has 2 aliphatic rings. The van der Waals surface area contributed by atoms with Gasteiger partial charge in [-0.25, -0.2) is 0 Å². The summed E-state index contributed by atoms with van der Waals surface area (Å²) in [5, 5.41) is 7.83. The van der Waals surface area contributed by atoms with Crippen molar-refractivity contribution < 1.29 is 19.1 Å². The van der Waals surface area contributed by atoms with Gasteiger partial charge in [-0.3, -0.25) is 14.7 Å². The van der Waals surface area contributed by atoms with Gasteiger partial charge in [-0.2, -0.15) is 5.10 Å². The fourth-order valence-electron chi connectivity index (χ4n) is 5.10. The molecular formula is C26H35ClN4O4. The molecule has 2 fully saturated rings. The van der Waals surface area contributed by atoms with Gasteiger partial charge in [-0.15, -0.1) is 0 Å². The van der Waals surface area contributed by atoms with Crippen LogP contribution in [0, 0.1) is 19.3 Å². The van der Waals surface area contributed by atoms with Crippen LogP contribution in [0.5, 0.6) is 5.75 Å². The molecule has 0 aliphatic carbocycles. The zero-order chi connectivity index (χ0) is 24.8. The Balaban J connectivity index is 1.46. The molecule has 1 aromatic carbocycles. The lowest BCUT2D eigenvalue weighted by Crippen LogP contribution is -2.52. The first-order chi connectivity index (χ1) is 16.8. The van der Waals surface area contributed by atoms with Crippen molar-refractivity contribution in [3.8, 4) is 5.75 Å². The number of aromatic nitrogens is 2. The fraction of sp³-hybridized carbons (Fsp3) is 0.577. The molecule has 1 N–H and O–H groups in total. The van der Waals surface area contributed by atoms with Gasteiger partial charge in [0.05, 0.1) is 25.5 Å². The van der Waals surface area contributed by atoms with Gasteiger partial charge in [-0.1, -0.05) is 17.7 Å². The number of hydrogen-bond donors (Lipinski definition) is 1. The van der Waals surface area contributed by atoms with E-state index >= 15 is 0 Å². The molecule has 4 rings (SSSR count). The van der Waals surface area contributed by atoms with E-state index in [1.807, 2.05) is 35.8 Å². The standard InChI is InChI=1S/C26H35ClN4O4/c1-19-23(20(2)29-28-19)7-8-24(32)31-10-4-9-26(17-31,16-25(33)30-11-13-34-14-12-30)18-35-22-6-3-5-21(27)15-22/h3,5-6,15H,4,7-14,16-18H2,1-2H3,(H,28,29). The van der Waals surface area contributed by atoms with E-state index in [1.54, 1.807) is 12.1 Å². The van der Waals surface area contributed by atoms with Crippen LogP contribution >= 0.6 is 11.6 Å². The summed E-state index contributed by atoms with van der Waals surface area (Å²) in [7, 11) is 0. The Kier molecular flexibility index (Phi) is 8.34. The van der Waals surface area contributed by atoms with Crippen LogP contribution in [0.25, 0.3) is 0 Å². The molecule has 3 heterocycles. The minimum absolute atomic E-state index is 0.0990. The van der Waals surface area contributed by atoms with Crippen LogP contribution in [-0.2, 0) is 20.7 Å². The summed E-state index contributed by atoms with van der Waals surface area (Å²) in [6.07, 6.45) is 3.08. The molecule has 1 aromatic heterocycles.